The lowest BCUT2D eigenvalue weighted by atomic mass is 9.92. The molecule has 8 nitrogen and oxygen atoms in total. The zero-order valence-corrected chi connectivity index (χ0v) is 18.8. The Morgan fingerprint density at radius 1 is 1.41 bits per heavy atom. The Morgan fingerprint density at radius 3 is 2.78 bits per heavy atom. The molecule has 3 rings (SSSR count). The molecule has 1 aliphatic carbocycles. The Balaban J connectivity index is 1.33. The average molecular weight is 454 g/mol. The van der Waals surface area contributed by atoms with Gasteiger partial charge in [-0.15, -0.1) is 0 Å². The molecule has 3 N–H and O–H groups in total. The topological polar surface area (TPSA) is 107 Å². The number of nitrogens with one attached hydrogen (secondary N) is 1. The highest BCUT2D eigenvalue weighted by molar-refractivity contribution is 5.97. The predicted octanol–water partition coefficient (Wildman–Crippen LogP) is 2.91. The Labute approximate surface area is 187 Å². The first-order valence-corrected chi connectivity index (χ1v) is 11.2. The van der Waals surface area contributed by atoms with Crippen LogP contribution in [0.15, 0.2) is 27.8 Å². The minimum Gasteiger partial charge on any atom is -0.374 e. The summed E-state index contributed by atoms with van der Waals surface area (Å²) in [6, 6.07) is 0.173. The van der Waals surface area contributed by atoms with Crippen LogP contribution in [0.4, 0.5) is 14.8 Å². The summed E-state index contributed by atoms with van der Waals surface area (Å²) in [6.07, 6.45) is 8.52. The first-order valence-electron chi connectivity index (χ1n) is 11.2. The van der Waals surface area contributed by atoms with E-state index in [2.05, 4.69) is 15.5 Å². The second kappa shape index (κ2) is 11.0. The smallest absolute Gasteiger partial charge is 0.324 e. The lowest BCUT2D eigenvalue weighted by Crippen LogP contribution is -2.34. The summed E-state index contributed by atoms with van der Waals surface area (Å²) in [5.41, 5.74) is 7.05. The van der Waals surface area contributed by atoms with Crippen molar-refractivity contribution >= 4 is 11.9 Å². The standard InChI is InChI=1S/C22H33F2N5O3/c1-15-14-17(5-6-18(15)19(30)26-10-9-25)31-13-3-4-16-7-11-29(12-8-16)21-27-20(28-32-21)22(2,23)24/h6,14,16-17H,3-5,7-13,25H2,1-2H3,(H,26,30). The molecule has 1 aliphatic heterocycles. The first-order chi connectivity index (χ1) is 15.3. The monoisotopic (exact) mass is 453 g/mol. The summed E-state index contributed by atoms with van der Waals surface area (Å²) >= 11 is 0. The number of piperidine rings is 1. The molecule has 32 heavy (non-hydrogen) atoms. The number of hydrogen-bond donors (Lipinski definition) is 2. The van der Waals surface area contributed by atoms with Crippen molar-refractivity contribution in [1.29, 1.82) is 0 Å². The molecule has 0 radical (unpaired) electrons. The van der Waals surface area contributed by atoms with Gasteiger partial charge in [-0.2, -0.15) is 13.8 Å². The van der Waals surface area contributed by atoms with E-state index in [1.54, 1.807) is 0 Å². The fourth-order valence-corrected chi connectivity index (χ4v) is 4.04. The number of rotatable bonds is 10. The zero-order chi connectivity index (χ0) is 23.1. The number of halogens is 2. The van der Waals surface area contributed by atoms with Gasteiger partial charge in [-0.25, -0.2) is 0 Å². The van der Waals surface area contributed by atoms with E-state index < -0.39 is 11.7 Å². The number of anilines is 1. The normalized spacial score (nSPS) is 20.2. The fourth-order valence-electron chi connectivity index (χ4n) is 4.04. The van der Waals surface area contributed by atoms with Crippen LogP contribution in [0.3, 0.4) is 0 Å². The Hall–Kier alpha value is -2.33. The van der Waals surface area contributed by atoms with Crippen LogP contribution in [-0.2, 0) is 15.5 Å². The Morgan fingerprint density at radius 2 is 2.16 bits per heavy atom. The van der Waals surface area contributed by atoms with Crippen molar-refractivity contribution in [3.8, 4) is 0 Å². The summed E-state index contributed by atoms with van der Waals surface area (Å²) in [6.45, 7) is 5.66. The van der Waals surface area contributed by atoms with Gasteiger partial charge in [0.1, 0.15) is 0 Å². The van der Waals surface area contributed by atoms with Gasteiger partial charge in [-0.1, -0.05) is 17.3 Å². The van der Waals surface area contributed by atoms with Crippen LogP contribution in [0.2, 0.25) is 0 Å². The minimum atomic E-state index is -3.10. The number of carbonyl (C=O) groups excluding carboxylic acids is 1. The van der Waals surface area contributed by atoms with Crippen LogP contribution in [0, 0.1) is 5.92 Å². The molecule has 0 saturated carbocycles. The van der Waals surface area contributed by atoms with Gasteiger partial charge in [-0.05, 0) is 50.5 Å². The van der Waals surface area contributed by atoms with Gasteiger partial charge in [0.25, 0.3) is 5.91 Å². The van der Waals surface area contributed by atoms with Crippen molar-refractivity contribution in [2.75, 3.05) is 37.7 Å². The number of carbonyl (C=O) groups is 1. The maximum absolute atomic E-state index is 13.3. The third-order valence-corrected chi connectivity index (χ3v) is 5.87. The molecule has 1 amide bonds. The molecule has 0 spiro atoms. The number of ether oxygens (including phenoxy) is 1. The van der Waals surface area contributed by atoms with Crippen molar-refractivity contribution < 1.29 is 22.8 Å². The van der Waals surface area contributed by atoms with Crippen LogP contribution in [0.25, 0.3) is 0 Å². The van der Waals surface area contributed by atoms with Gasteiger partial charge < -0.3 is 25.2 Å². The molecule has 178 valence electrons. The van der Waals surface area contributed by atoms with Crippen molar-refractivity contribution in [3.63, 3.8) is 0 Å². The molecular formula is C22H33F2N5O3. The molecule has 2 heterocycles. The number of nitrogens with two attached hydrogens (primary N) is 1. The molecular weight excluding hydrogens is 420 g/mol. The molecule has 1 aromatic rings. The van der Waals surface area contributed by atoms with E-state index in [4.69, 9.17) is 15.0 Å². The minimum absolute atomic E-state index is 0.00803. The van der Waals surface area contributed by atoms with Gasteiger partial charge >= 0.3 is 11.9 Å². The number of amides is 1. The molecule has 1 fully saturated rings. The number of aromatic nitrogens is 2. The van der Waals surface area contributed by atoms with E-state index in [0.717, 1.165) is 38.2 Å². The van der Waals surface area contributed by atoms with Crippen LogP contribution < -0.4 is 16.0 Å². The largest absolute Gasteiger partial charge is 0.374 e. The third-order valence-electron chi connectivity index (χ3n) is 5.87. The van der Waals surface area contributed by atoms with E-state index >= 15 is 0 Å². The highest BCUT2D eigenvalue weighted by Gasteiger charge is 2.33. The van der Waals surface area contributed by atoms with Gasteiger partial charge in [-0.3, -0.25) is 4.79 Å². The summed E-state index contributed by atoms with van der Waals surface area (Å²) in [5.74, 6) is -3.20. The van der Waals surface area contributed by atoms with E-state index in [1.807, 2.05) is 24.0 Å². The molecule has 1 saturated heterocycles. The Kier molecular flexibility index (Phi) is 8.36. The maximum Gasteiger partial charge on any atom is 0.324 e. The second-order valence-corrected chi connectivity index (χ2v) is 8.52. The lowest BCUT2D eigenvalue weighted by Gasteiger charge is -2.30. The van der Waals surface area contributed by atoms with Crippen LogP contribution >= 0.6 is 0 Å². The predicted molar refractivity (Wildman–Crippen MR) is 116 cm³/mol. The molecule has 0 aromatic carbocycles. The zero-order valence-electron chi connectivity index (χ0n) is 18.8. The fraction of sp³-hybridized carbons (Fsp3) is 0.682. The highest BCUT2D eigenvalue weighted by atomic mass is 19.3. The SMILES string of the molecule is CC1=CC(OCCCC2CCN(c3nc(C(C)(F)F)no3)CC2)CC=C1C(=O)NCCN. The van der Waals surface area contributed by atoms with Crippen molar-refractivity contribution in [2.45, 2.75) is 58.0 Å². The number of alkyl halides is 2. The van der Waals surface area contributed by atoms with Crippen LogP contribution in [0.5, 0.6) is 0 Å². The van der Waals surface area contributed by atoms with Crippen molar-refractivity contribution in [3.05, 3.63) is 29.1 Å². The second-order valence-electron chi connectivity index (χ2n) is 8.52. The summed E-state index contributed by atoms with van der Waals surface area (Å²) in [4.78, 5) is 17.8. The first kappa shape index (κ1) is 24.3. The number of nitrogens with zero attached hydrogens (tertiary/aromatic N) is 3. The molecule has 10 heteroatoms. The van der Waals surface area contributed by atoms with E-state index in [1.165, 1.54) is 0 Å². The van der Waals surface area contributed by atoms with Crippen LogP contribution in [0.1, 0.15) is 51.8 Å². The van der Waals surface area contributed by atoms with E-state index in [-0.39, 0.29) is 18.0 Å². The summed E-state index contributed by atoms with van der Waals surface area (Å²) in [5, 5.41) is 6.18. The van der Waals surface area contributed by atoms with Gasteiger partial charge in [0.05, 0.1) is 6.10 Å². The van der Waals surface area contributed by atoms with Gasteiger partial charge in [0.15, 0.2) is 0 Å². The molecule has 0 bridgehead atoms. The lowest BCUT2D eigenvalue weighted by molar-refractivity contribution is -0.117. The van der Waals surface area contributed by atoms with E-state index in [9.17, 15) is 13.6 Å². The Bertz CT molecular complexity index is 826. The van der Waals surface area contributed by atoms with Crippen molar-refractivity contribution in [1.82, 2.24) is 15.5 Å². The molecule has 1 atom stereocenters. The van der Waals surface area contributed by atoms with E-state index in [0.29, 0.717) is 50.7 Å². The molecule has 1 unspecified atom stereocenters. The summed E-state index contributed by atoms with van der Waals surface area (Å²) < 4.78 is 37.6. The highest BCUT2D eigenvalue weighted by Crippen LogP contribution is 2.29. The van der Waals surface area contributed by atoms with Crippen molar-refractivity contribution in [2.24, 2.45) is 11.7 Å². The molecule has 2 aliphatic rings. The summed E-state index contributed by atoms with van der Waals surface area (Å²) in [7, 11) is 0. The van der Waals surface area contributed by atoms with Crippen LogP contribution in [-0.4, -0.2) is 54.9 Å². The molecule has 1 aromatic heterocycles. The average Bonchev–Trinajstić information content (AvgIpc) is 3.26. The van der Waals surface area contributed by atoms with Gasteiger partial charge in [0, 0.05) is 45.3 Å². The quantitative estimate of drug-likeness (QED) is 0.525. The van der Waals surface area contributed by atoms with Gasteiger partial charge in [0.2, 0.25) is 5.82 Å². The third kappa shape index (κ3) is 6.59. The maximum atomic E-state index is 13.3. The number of hydrogen-bond acceptors (Lipinski definition) is 7.